The molecule has 0 spiro atoms. The van der Waals surface area contributed by atoms with E-state index in [9.17, 15) is 0 Å². The van der Waals surface area contributed by atoms with Gasteiger partial charge in [-0.05, 0) is 19.4 Å². The van der Waals surface area contributed by atoms with Gasteiger partial charge in [0.1, 0.15) is 0 Å². The molecule has 1 fully saturated rings. The first kappa shape index (κ1) is 14.8. The van der Waals surface area contributed by atoms with Gasteiger partial charge < -0.3 is 10.1 Å². The number of rotatable bonds is 7. The van der Waals surface area contributed by atoms with E-state index >= 15 is 0 Å². The number of aryl methyl sites for hydroxylation is 1. The van der Waals surface area contributed by atoms with E-state index in [0.29, 0.717) is 0 Å². The maximum absolute atomic E-state index is 5.94. The third kappa shape index (κ3) is 3.94. The molecule has 1 N–H and O–H groups in total. The molecule has 6 heteroatoms. The molecule has 1 aromatic rings. The van der Waals surface area contributed by atoms with Gasteiger partial charge in [0.05, 0.1) is 30.6 Å². The first-order chi connectivity index (χ1) is 9.36. The lowest BCUT2D eigenvalue weighted by Crippen LogP contribution is -2.39. The minimum absolute atomic E-state index is 0.203. The molecule has 5 nitrogen and oxygen atoms in total. The Morgan fingerprint density at radius 2 is 2.42 bits per heavy atom. The summed E-state index contributed by atoms with van der Waals surface area (Å²) in [6.07, 6.45) is 4.29. The molecule has 19 heavy (non-hydrogen) atoms. The Labute approximate surface area is 119 Å². The molecule has 1 aliphatic heterocycles. The molecule has 0 bridgehead atoms. The lowest BCUT2D eigenvalue weighted by molar-refractivity contribution is 0.0444. The maximum atomic E-state index is 5.94. The Morgan fingerprint density at radius 1 is 1.53 bits per heavy atom. The van der Waals surface area contributed by atoms with Gasteiger partial charge in [0.25, 0.3) is 0 Å². The molecule has 2 atom stereocenters. The molecule has 0 amide bonds. The molecule has 1 saturated heterocycles. The lowest BCUT2D eigenvalue weighted by atomic mass is 10.1. The van der Waals surface area contributed by atoms with E-state index in [1.807, 2.05) is 22.6 Å². The number of hydrogen-bond donors (Lipinski definition) is 1. The highest BCUT2D eigenvalue weighted by molar-refractivity contribution is 7.99. The van der Waals surface area contributed by atoms with Crippen LogP contribution < -0.4 is 5.32 Å². The molecule has 0 aromatic carbocycles. The monoisotopic (exact) mass is 284 g/mol. The molecule has 1 aliphatic rings. The van der Waals surface area contributed by atoms with E-state index in [-0.39, 0.29) is 12.1 Å². The number of nitrogens with one attached hydrogen (secondary N) is 1. The molecule has 2 rings (SSSR count). The third-order valence-electron chi connectivity index (χ3n) is 3.23. The first-order valence-corrected chi connectivity index (χ1v) is 8.33. The summed E-state index contributed by atoms with van der Waals surface area (Å²) in [7, 11) is 0. The summed E-state index contributed by atoms with van der Waals surface area (Å²) in [5, 5.41) is 11.9. The minimum atomic E-state index is 0.203. The van der Waals surface area contributed by atoms with Gasteiger partial charge in [-0.2, -0.15) is 11.8 Å². The normalized spacial score (nSPS) is 21.5. The molecule has 2 unspecified atom stereocenters. The van der Waals surface area contributed by atoms with Crippen molar-refractivity contribution < 1.29 is 4.74 Å². The third-order valence-corrected chi connectivity index (χ3v) is 4.25. The zero-order valence-corrected chi connectivity index (χ0v) is 12.7. The highest BCUT2D eigenvalue weighted by atomic mass is 32.2. The van der Waals surface area contributed by atoms with Crippen LogP contribution in [0.5, 0.6) is 0 Å². The Morgan fingerprint density at radius 3 is 3.11 bits per heavy atom. The Balaban J connectivity index is 2.12. The van der Waals surface area contributed by atoms with Gasteiger partial charge in [0, 0.05) is 18.1 Å². The summed E-state index contributed by atoms with van der Waals surface area (Å²) in [6.45, 7) is 7.09. The van der Waals surface area contributed by atoms with Gasteiger partial charge in [-0.15, -0.1) is 5.10 Å². The summed E-state index contributed by atoms with van der Waals surface area (Å²) < 4.78 is 7.95. The lowest BCUT2D eigenvalue weighted by Gasteiger charge is -2.31. The second-order valence-corrected chi connectivity index (χ2v) is 5.95. The topological polar surface area (TPSA) is 52.0 Å². The van der Waals surface area contributed by atoms with E-state index < -0.39 is 0 Å². The van der Waals surface area contributed by atoms with Crippen molar-refractivity contribution in [1.82, 2.24) is 20.3 Å². The standard InChI is InChI=1S/C13H24N4OS/c1-3-5-14-13(12-10-19-8-7-18-12)11-9-15-16-17(11)6-4-2/h9,12-14H,3-8,10H2,1-2H3. The smallest absolute Gasteiger partial charge is 0.0876 e. The number of nitrogens with zero attached hydrogens (tertiary/aromatic N) is 3. The van der Waals surface area contributed by atoms with Crippen LogP contribution in [-0.4, -0.2) is 45.8 Å². The summed E-state index contributed by atoms with van der Waals surface area (Å²) >= 11 is 1.97. The van der Waals surface area contributed by atoms with Crippen molar-refractivity contribution >= 4 is 11.8 Å². The highest BCUT2D eigenvalue weighted by Gasteiger charge is 2.28. The van der Waals surface area contributed by atoms with E-state index in [1.54, 1.807) is 0 Å². The van der Waals surface area contributed by atoms with Crippen LogP contribution in [0.2, 0.25) is 0 Å². The highest BCUT2D eigenvalue weighted by Crippen LogP contribution is 2.25. The van der Waals surface area contributed by atoms with Gasteiger partial charge in [0.15, 0.2) is 0 Å². The maximum Gasteiger partial charge on any atom is 0.0876 e. The van der Waals surface area contributed by atoms with Crippen LogP contribution in [0.15, 0.2) is 6.20 Å². The average molecular weight is 284 g/mol. The van der Waals surface area contributed by atoms with E-state index in [0.717, 1.165) is 49.7 Å². The minimum Gasteiger partial charge on any atom is -0.374 e. The number of ether oxygens (including phenoxy) is 1. The fourth-order valence-corrected chi connectivity index (χ4v) is 3.22. The Bertz CT molecular complexity index is 365. The zero-order chi connectivity index (χ0) is 13.5. The van der Waals surface area contributed by atoms with Crippen molar-refractivity contribution in [2.75, 3.05) is 24.7 Å². The van der Waals surface area contributed by atoms with Gasteiger partial charge in [-0.1, -0.05) is 19.1 Å². The molecule has 108 valence electrons. The molecule has 0 radical (unpaired) electrons. The largest absolute Gasteiger partial charge is 0.374 e. The molecule has 0 saturated carbocycles. The van der Waals surface area contributed by atoms with E-state index in [4.69, 9.17) is 4.74 Å². The van der Waals surface area contributed by atoms with Crippen molar-refractivity contribution in [3.8, 4) is 0 Å². The summed E-state index contributed by atoms with van der Waals surface area (Å²) in [5.74, 6) is 2.14. The van der Waals surface area contributed by atoms with Crippen LogP contribution in [0.25, 0.3) is 0 Å². The predicted molar refractivity (Wildman–Crippen MR) is 78.4 cm³/mol. The first-order valence-electron chi connectivity index (χ1n) is 7.18. The van der Waals surface area contributed by atoms with Crippen molar-refractivity contribution in [3.63, 3.8) is 0 Å². The van der Waals surface area contributed by atoms with Crippen LogP contribution in [-0.2, 0) is 11.3 Å². The van der Waals surface area contributed by atoms with Gasteiger partial charge >= 0.3 is 0 Å². The van der Waals surface area contributed by atoms with Crippen LogP contribution in [0, 0.1) is 0 Å². The molecule has 2 heterocycles. The van der Waals surface area contributed by atoms with E-state index in [1.165, 1.54) is 0 Å². The quantitative estimate of drug-likeness (QED) is 0.828. The van der Waals surface area contributed by atoms with Gasteiger partial charge in [0.2, 0.25) is 0 Å². The van der Waals surface area contributed by atoms with E-state index in [2.05, 4.69) is 29.5 Å². The molecular formula is C13H24N4OS. The SMILES string of the molecule is CCCNC(c1cnnn1CCC)C1CSCCO1. The molecule has 1 aromatic heterocycles. The molecule has 0 aliphatic carbocycles. The number of thioether (sulfide) groups is 1. The van der Waals surface area contributed by atoms with Crippen molar-refractivity contribution in [2.45, 2.75) is 45.4 Å². The predicted octanol–water partition coefficient (Wildman–Crippen LogP) is 1.86. The van der Waals surface area contributed by atoms with Crippen LogP contribution in [0.1, 0.15) is 38.4 Å². The van der Waals surface area contributed by atoms with Crippen molar-refractivity contribution in [3.05, 3.63) is 11.9 Å². The summed E-state index contributed by atoms with van der Waals surface area (Å²) in [5.41, 5.74) is 1.16. The van der Waals surface area contributed by atoms with Crippen LogP contribution in [0.4, 0.5) is 0 Å². The number of hydrogen-bond acceptors (Lipinski definition) is 5. The van der Waals surface area contributed by atoms with Crippen molar-refractivity contribution in [1.29, 1.82) is 0 Å². The fourth-order valence-electron chi connectivity index (χ4n) is 2.32. The fraction of sp³-hybridized carbons (Fsp3) is 0.846. The Hall–Kier alpha value is -0.590. The summed E-state index contributed by atoms with van der Waals surface area (Å²) in [6, 6.07) is 0.203. The van der Waals surface area contributed by atoms with Crippen LogP contribution >= 0.6 is 11.8 Å². The number of aromatic nitrogens is 3. The Kier molecular flexibility index (Phi) is 6.13. The zero-order valence-electron chi connectivity index (χ0n) is 11.8. The van der Waals surface area contributed by atoms with Gasteiger partial charge in [-0.3, -0.25) is 0 Å². The second-order valence-electron chi connectivity index (χ2n) is 4.80. The second kappa shape index (κ2) is 7.87. The van der Waals surface area contributed by atoms with Gasteiger partial charge in [-0.25, -0.2) is 4.68 Å². The molecular weight excluding hydrogens is 260 g/mol. The van der Waals surface area contributed by atoms with Crippen molar-refractivity contribution in [2.24, 2.45) is 0 Å². The van der Waals surface area contributed by atoms with Crippen LogP contribution in [0.3, 0.4) is 0 Å². The summed E-state index contributed by atoms with van der Waals surface area (Å²) in [4.78, 5) is 0. The average Bonchev–Trinajstić information content (AvgIpc) is 2.89.